The number of hydrogen-bond donors (Lipinski definition) is 1. The summed E-state index contributed by atoms with van der Waals surface area (Å²) in [5.41, 5.74) is 0. The molecule has 2 aromatic rings. The monoisotopic (exact) mass is 316 g/mol. The molecule has 0 aromatic carbocycles. The average molecular weight is 316 g/mol. The van der Waals surface area contributed by atoms with Crippen LogP contribution in [0.5, 0.6) is 0 Å². The summed E-state index contributed by atoms with van der Waals surface area (Å²) in [6.45, 7) is 4.58. The van der Waals surface area contributed by atoms with E-state index in [2.05, 4.69) is 20.2 Å². The van der Waals surface area contributed by atoms with E-state index in [0.29, 0.717) is 6.61 Å². The van der Waals surface area contributed by atoms with Gasteiger partial charge in [0.1, 0.15) is 35.5 Å². The Hall–Kier alpha value is -2.08. The molecule has 1 saturated heterocycles. The predicted molar refractivity (Wildman–Crippen MR) is 89.8 cm³/mol. The summed E-state index contributed by atoms with van der Waals surface area (Å²) in [5.74, 6) is 3.51. The maximum absolute atomic E-state index is 5.72. The maximum Gasteiger partial charge on any atom is 0.134 e. The molecule has 3 rings (SSSR count). The van der Waals surface area contributed by atoms with Crippen LogP contribution in [0.1, 0.15) is 36.8 Å². The Labute approximate surface area is 136 Å². The van der Waals surface area contributed by atoms with E-state index in [0.717, 1.165) is 36.2 Å². The van der Waals surface area contributed by atoms with Crippen LogP contribution < -0.4 is 10.2 Å². The van der Waals surface area contributed by atoms with Gasteiger partial charge in [-0.25, -0.2) is 9.97 Å². The summed E-state index contributed by atoms with van der Waals surface area (Å²) in [5, 5.41) is 3.39. The molecule has 1 aliphatic rings. The van der Waals surface area contributed by atoms with Gasteiger partial charge in [0.2, 0.25) is 0 Å². The summed E-state index contributed by atoms with van der Waals surface area (Å²) in [6.07, 6.45) is 5.37. The third kappa shape index (κ3) is 4.01. The zero-order valence-electron chi connectivity index (χ0n) is 13.8. The normalized spacial score (nSPS) is 16.3. The van der Waals surface area contributed by atoms with Crippen LogP contribution in [0.2, 0.25) is 0 Å². The van der Waals surface area contributed by atoms with Crippen molar-refractivity contribution in [2.45, 2.75) is 32.2 Å². The molecule has 0 radical (unpaired) electrons. The minimum atomic E-state index is -0.0715. The molecule has 0 spiro atoms. The van der Waals surface area contributed by atoms with Crippen molar-refractivity contribution in [1.29, 1.82) is 0 Å². The summed E-state index contributed by atoms with van der Waals surface area (Å²) >= 11 is 0. The zero-order chi connectivity index (χ0) is 16.1. The van der Waals surface area contributed by atoms with Gasteiger partial charge in [-0.3, -0.25) is 0 Å². The summed E-state index contributed by atoms with van der Waals surface area (Å²) in [7, 11) is 1.68. The smallest absolute Gasteiger partial charge is 0.134 e. The molecular weight excluding hydrogens is 292 g/mol. The Kier molecular flexibility index (Phi) is 5.12. The number of aryl methyl sites for hydroxylation is 1. The van der Waals surface area contributed by atoms with Crippen LogP contribution in [0.3, 0.4) is 0 Å². The van der Waals surface area contributed by atoms with Gasteiger partial charge in [-0.05, 0) is 38.3 Å². The second-order valence-electron chi connectivity index (χ2n) is 5.91. The van der Waals surface area contributed by atoms with E-state index in [4.69, 9.17) is 9.15 Å². The molecule has 0 amide bonds. The fourth-order valence-corrected chi connectivity index (χ4v) is 2.90. The van der Waals surface area contributed by atoms with Gasteiger partial charge < -0.3 is 19.4 Å². The van der Waals surface area contributed by atoms with Gasteiger partial charge in [-0.15, -0.1) is 0 Å². The number of furan rings is 1. The Morgan fingerprint density at radius 1 is 1.26 bits per heavy atom. The first-order valence-corrected chi connectivity index (χ1v) is 8.15. The molecule has 0 saturated carbocycles. The lowest BCUT2D eigenvalue weighted by molar-refractivity contribution is 0.178. The molecule has 1 atom stereocenters. The minimum absolute atomic E-state index is 0.0715. The number of ether oxygens (including phenoxy) is 1. The molecule has 0 aliphatic carbocycles. The molecule has 23 heavy (non-hydrogen) atoms. The maximum atomic E-state index is 5.72. The lowest BCUT2D eigenvalue weighted by Crippen LogP contribution is -2.30. The fraction of sp³-hybridized carbons (Fsp3) is 0.529. The molecular formula is C17H24N4O2. The van der Waals surface area contributed by atoms with Crippen LogP contribution >= 0.6 is 0 Å². The summed E-state index contributed by atoms with van der Waals surface area (Å²) in [4.78, 5) is 11.1. The van der Waals surface area contributed by atoms with Crippen molar-refractivity contribution < 1.29 is 9.15 Å². The molecule has 1 fully saturated rings. The van der Waals surface area contributed by atoms with Crippen molar-refractivity contribution in [1.82, 2.24) is 9.97 Å². The number of methoxy groups -OCH3 is 1. The van der Waals surface area contributed by atoms with Crippen LogP contribution in [0.25, 0.3) is 0 Å². The Bertz CT molecular complexity index is 623. The SMILES string of the molecule is COCC(Nc1cc(N2CCCCC2)ncn1)c1ccc(C)o1. The molecule has 124 valence electrons. The van der Waals surface area contributed by atoms with Gasteiger partial charge >= 0.3 is 0 Å². The van der Waals surface area contributed by atoms with Crippen molar-refractivity contribution in [3.8, 4) is 0 Å². The highest BCUT2D eigenvalue weighted by atomic mass is 16.5. The number of anilines is 2. The molecule has 3 heterocycles. The summed E-state index contributed by atoms with van der Waals surface area (Å²) in [6, 6.07) is 5.86. The largest absolute Gasteiger partial charge is 0.464 e. The van der Waals surface area contributed by atoms with Gasteiger partial charge in [-0.2, -0.15) is 0 Å². The number of aromatic nitrogens is 2. The number of piperidine rings is 1. The Morgan fingerprint density at radius 3 is 2.78 bits per heavy atom. The third-order valence-electron chi connectivity index (χ3n) is 4.09. The van der Waals surface area contributed by atoms with Crippen LogP contribution in [0, 0.1) is 6.92 Å². The number of hydrogen-bond acceptors (Lipinski definition) is 6. The van der Waals surface area contributed by atoms with Gasteiger partial charge in [0.15, 0.2) is 0 Å². The van der Waals surface area contributed by atoms with Gasteiger partial charge in [0.05, 0.1) is 6.61 Å². The van der Waals surface area contributed by atoms with Crippen LogP contribution in [0.4, 0.5) is 11.6 Å². The van der Waals surface area contributed by atoms with Crippen LogP contribution in [-0.2, 0) is 4.74 Å². The van der Waals surface area contributed by atoms with Crippen molar-refractivity contribution in [3.05, 3.63) is 36.0 Å². The first-order chi connectivity index (χ1) is 11.3. The number of rotatable bonds is 6. The molecule has 1 N–H and O–H groups in total. The summed E-state index contributed by atoms with van der Waals surface area (Å²) < 4.78 is 11.0. The Balaban J connectivity index is 1.74. The van der Waals surface area contributed by atoms with Crippen molar-refractivity contribution >= 4 is 11.6 Å². The number of nitrogens with zero attached hydrogens (tertiary/aromatic N) is 3. The first kappa shape index (κ1) is 15.8. The molecule has 2 aromatic heterocycles. The lowest BCUT2D eigenvalue weighted by atomic mass is 10.1. The Morgan fingerprint density at radius 2 is 2.09 bits per heavy atom. The highest BCUT2D eigenvalue weighted by Gasteiger charge is 2.17. The molecule has 6 nitrogen and oxygen atoms in total. The second-order valence-corrected chi connectivity index (χ2v) is 5.91. The van der Waals surface area contributed by atoms with Crippen molar-refractivity contribution in [2.75, 3.05) is 37.0 Å². The van der Waals surface area contributed by atoms with Crippen molar-refractivity contribution in [2.24, 2.45) is 0 Å². The van der Waals surface area contributed by atoms with Gasteiger partial charge in [0, 0.05) is 26.3 Å². The van der Waals surface area contributed by atoms with Crippen LogP contribution in [0.15, 0.2) is 28.9 Å². The molecule has 1 aliphatic heterocycles. The fourth-order valence-electron chi connectivity index (χ4n) is 2.90. The second kappa shape index (κ2) is 7.46. The van der Waals surface area contributed by atoms with E-state index in [-0.39, 0.29) is 6.04 Å². The molecule has 6 heteroatoms. The van der Waals surface area contributed by atoms with Gasteiger partial charge in [0.25, 0.3) is 0 Å². The highest BCUT2D eigenvalue weighted by Crippen LogP contribution is 2.24. The van der Waals surface area contributed by atoms with E-state index in [1.807, 2.05) is 25.1 Å². The van der Waals surface area contributed by atoms with Crippen molar-refractivity contribution in [3.63, 3.8) is 0 Å². The average Bonchev–Trinajstić information content (AvgIpc) is 3.02. The van der Waals surface area contributed by atoms with E-state index in [9.17, 15) is 0 Å². The highest BCUT2D eigenvalue weighted by molar-refractivity contribution is 5.49. The van der Waals surface area contributed by atoms with E-state index in [1.165, 1.54) is 19.3 Å². The van der Waals surface area contributed by atoms with E-state index < -0.39 is 0 Å². The standard InChI is InChI=1S/C17H24N4O2/c1-13-6-7-15(23-13)14(11-22-2)20-16-10-17(19-12-18-16)21-8-4-3-5-9-21/h6-7,10,12,14H,3-5,8-9,11H2,1-2H3,(H,18,19,20). The van der Waals surface area contributed by atoms with E-state index >= 15 is 0 Å². The molecule has 1 unspecified atom stereocenters. The number of nitrogens with one attached hydrogen (secondary N) is 1. The third-order valence-corrected chi connectivity index (χ3v) is 4.09. The lowest BCUT2D eigenvalue weighted by Gasteiger charge is -2.28. The first-order valence-electron chi connectivity index (χ1n) is 8.15. The topological polar surface area (TPSA) is 63.4 Å². The predicted octanol–water partition coefficient (Wildman–Crippen LogP) is 3.17. The van der Waals surface area contributed by atoms with Crippen LogP contribution in [-0.4, -0.2) is 36.8 Å². The quantitative estimate of drug-likeness (QED) is 0.883. The minimum Gasteiger partial charge on any atom is -0.464 e. The molecule has 0 bridgehead atoms. The van der Waals surface area contributed by atoms with Gasteiger partial charge in [-0.1, -0.05) is 0 Å². The zero-order valence-corrected chi connectivity index (χ0v) is 13.8. The van der Waals surface area contributed by atoms with E-state index in [1.54, 1.807) is 13.4 Å².